The van der Waals surface area contributed by atoms with Crippen molar-refractivity contribution in [1.29, 1.82) is 0 Å². The molecule has 0 aliphatic rings. The Balaban J connectivity index is 2.80. The van der Waals surface area contributed by atoms with Crippen LogP contribution in [-0.2, 0) is 29.8 Å². The molecule has 0 N–H and O–H groups in total. The molecule has 0 aliphatic heterocycles. The molecule has 0 spiro atoms. The van der Waals surface area contributed by atoms with Crippen molar-refractivity contribution in [2.24, 2.45) is 5.92 Å². The Kier molecular flexibility index (Phi) is 9.34. The summed E-state index contributed by atoms with van der Waals surface area (Å²) < 4.78 is 61.5. The Morgan fingerprint density at radius 3 is 2.15 bits per heavy atom. The molecule has 6 nitrogen and oxygen atoms in total. The second kappa shape index (κ2) is 10.5. The Labute approximate surface area is 166 Å². The number of rotatable bonds is 11. The van der Waals surface area contributed by atoms with Crippen molar-refractivity contribution in [3.63, 3.8) is 0 Å². The van der Waals surface area contributed by atoms with Crippen LogP contribution in [0.4, 0.5) is 8.78 Å². The van der Waals surface area contributed by atoms with Crippen LogP contribution in [0.3, 0.4) is 0 Å². The van der Waals surface area contributed by atoms with E-state index in [2.05, 4.69) is 15.9 Å². The summed E-state index contributed by atoms with van der Waals surface area (Å²) in [5.74, 6) is -1.96. The summed E-state index contributed by atoms with van der Waals surface area (Å²) in [6, 6.07) is 6.75. The van der Waals surface area contributed by atoms with E-state index in [9.17, 15) is 18.1 Å². The van der Waals surface area contributed by atoms with Gasteiger partial charge < -0.3 is 18.5 Å². The van der Waals surface area contributed by atoms with Gasteiger partial charge in [0.15, 0.2) is 0 Å². The number of esters is 1. The molecule has 0 unspecified atom stereocenters. The normalized spacial score (nSPS) is 14.5. The van der Waals surface area contributed by atoms with E-state index in [1.807, 2.05) is 0 Å². The fourth-order valence-electron chi connectivity index (χ4n) is 2.13. The van der Waals surface area contributed by atoms with Gasteiger partial charge in [0.05, 0.1) is 26.2 Å². The Hall–Kier alpha value is -1.02. The maximum Gasteiger partial charge on any atom is 0.399 e. The molecular weight excluding hydrogens is 449 g/mol. The van der Waals surface area contributed by atoms with Gasteiger partial charge in [-0.05, 0) is 31.5 Å². The van der Waals surface area contributed by atoms with E-state index >= 15 is 0 Å². The highest BCUT2D eigenvalue weighted by molar-refractivity contribution is 9.10. The molecular formula is C17H24BrF2O6P. The Morgan fingerprint density at radius 1 is 1.19 bits per heavy atom. The van der Waals surface area contributed by atoms with Crippen molar-refractivity contribution in [3.8, 4) is 5.75 Å². The van der Waals surface area contributed by atoms with Crippen molar-refractivity contribution >= 4 is 29.5 Å². The molecule has 1 rings (SSSR count). The van der Waals surface area contributed by atoms with E-state index in [1.54, 1.807) is 24.3 Å². The first-order chi connectivity index (χ1) is 12.6. The Bertz CT molecular complexity index is 645. The number of hydrogen-bond donors (Lipinski definition) is 0. The van der Waals surface area contributed by atoms with Gasteiger partial charge in [0.25, 0.3) is 0 Å². The average molecular weight is 473 g/mol. The van der Waals surface area contributed by atoms with Crippen molar-refractivity contribution < 1.29 is 36.7 Å². The zero-order valence-corrected chi connectivity index (χ0v) is 18.1. The lowest BCUT2D eigenvalue weighted by Gasteiger charge is -2.31. The predicted octanol–water partition coefficient (Wildman–Crippen LogP) is 5.00. The van der Waals surface area contributed by atoms with Gasteiger partial charge in [-0.15, -0.1) is 0 Å². The van der Waals surface area contributed by atoms with E-state index in [-0.39, 0.29) is 19.8 Å². The first-order valence-electron chi connectivity index (χ1n) is 8.33. The van der Waals surface area contributed by atoms with Crippen molar-refractivity contribution in [2.45, 2.75) is 37.9 Å². The van der Waals surface area contributed by atoms with Gasteiger partial charge in [-0.3, -0.25) is 9.36 Å². The molecule has 154 valence electrons. The van der Waals surface area contributed by atoms with Gasteiger partial charge in [-0.1, -0.05) is 35.0 Å². The lowest BCUT2D eigenvalue weighted by Crippen LogP contribution is -2.38. The summed E-state index contributed by atoms with van der Waals surface area (Å²) >= 11 is 2.93. The monoisotopic (exact) mass is 472 g/mol. The highest BCUT2D eigenvalue weighted by atomic mass is 79.9. The first kappa shape index (κ1) is 24.0. The Morgan fingerprint density at radius 2 is 1.70 bits per heavy atom. The standard InChI is InChI=1S/C17H24BrF2O6P/c1-5-25-27(22,26-6-2)17(19,20)12(3)15(18)16(21)24-11-13-7-9-14(23-4)10-8-13/h7-10,12,15H,5-6,11H2,1-4H3/t12-,15-/m1/s1. The largest absolute Gasteiger partial charge is 0.497 e. The molecule has 0 saturated carbocycles. The van der Waals surface area contributed by atoms with E-state index < -0.39 is 30.0 Å². The van der Waals surface area contributed by atoms with Crippen LogP contribution in [-0.4, -0.2) is 36.8 Å². The van der Waals surface area contributed by atoms with Crippen molar-refractivity contribution in [2.75, 3.05) is 20.3 Å². The van der Waals surface area contributed by atoms with Crippen LogP contribution in [0.5, 0.6) is 5.75 Å². The van der Waals surface area contributed by atoms with Gasteiger partial charge in [0, 0.05) is 0 Å². The van der Waals surface area contributed by atoms with Crippen LogP contribution in [0.1, 0.15) is 26.3 Å². The van der Waals surface area contributed by atoms with E-state index in [0.717, 1.165) is 6.92 Å². The number of alkyl halides is 3. The van der Waals surface area contributed by atoms with Crippen LogP contribution in [0, 0.1) is 5.92 Å². The number of carbonyl (C=O) groups excluding carboxylic acids is 1. The summed E-state index contributed by atoms with van der Waals surface area (Å²) in [7, 11) is -3.22. The molecule has 0 radical (unpaired) electrons. The van der Waals surface area contributed by atoms with Gasteiger partial charge in [0.1, 0.15) is 17.2 Å². The molecule has 1 aromatic carbocycles. The summed E-state index contributed by atoms with van der Waals surface area (Å²) in [5.41, 5.74) is -3.22. The van der Waals surface area contributed by atoms with Gasteiger partial charge in [-0.25, -0.2) is 0 Å². The number of carbonyl (C=O) groups is 1. The highest BCUT2D eigenvalue weighted by Crippen LogP contribution is 2.65. The molecule has 0 saturated heterocycles. The minimum Gasteiger partial charge on any atom is -0.497 e. The lowest BCUT2D eigenvalue weighted by atomic mass is 10.1. The van der Waals surface area contributed by atoms with E-state index in [4.69, 9.17) is 18.5 Å². The number of halogens is 3. The molecule has 0 bridgehead atoms. The number of ether oxygens (including phenoxy) is 2. The maximum absolute atomic E-state index is 14.7. The molecule has 2 atom stereocenters. The van der Waals surface area contributed by atoms with Gasteiger partial charge in [0.2, 0.25) is 0 Å². The van der Waals surface area contributed by atoms with Gasteiger partial charge in [-0.2, -0.15) is 8.78 Å². The maximum atomic E-state index is 14.7. The summed E-state index contributed by atoms with van der Waals surface area (Å²) in [6.45, 7) is 3.42. The van der Waals surface area contributed by atoms with Crippen LogP contribution < -0.4 is 4.74 Å². The minimum absolute atomic E-state index is 0.0994. The average Bonchev–Trinajstić information content (AvgIpc) is 2.65. The van der Waals surface area contributed by atoms with Crippen molar-refractivity contribution in [1.82, 2.24) is 0 Å². The van der Waals surface area contributed by atoms with Crippen LogP contribution >= 0.6 is 23.5 Å². The summed E-state index contributed by atoms with van der Waals surface area (Å²) in [5, 5.41) is 0. The van der Waals surface area contributed by atoms with E-state index in [0.29, 0.717) is 11.3 Å². The summed E-state index contributed by atoms with van der Waals surface area (Å²) in [6.07, 6.45) is 0. The second-order valence-electron chi connectivity index (χ2n) is 5.57. The summed E-state index contributed by atoms with van der Waals surface area (Å²) in [4.78, 5) is 10.8. The van der Waals surface area contributed by atoms with Crippen LogP contribution in [0.25, 0.3) is 0 Å². The number of hydrogen-bond acceptors (Lipinski definition) is 6. The first-order valence-corrected chi connectivity index (χ1v) is 10.8. The smallest absolute Gasteiger partial charge is 0.399 e. The fraction of sp³-hybridized carbons (Fsp3) is 0.588. The molecule has 0 fully saturated rings. The molecule has 27 heavy (non-hydrogen) atoms. The van der Waals surface area contributed by atoms with Gasteiger partial charge >= 0.3 is 19.2 Å². The zero-order chi connectivity index (χ0) is 20.7. The third-order valence-corrected chi connectivity index (χ3v) is 7.22. The third kappa shape index (κ3) is 5.98. The molecule has 10 heteroatoms. The molecule has 0 amide bonds. The lowest BCUT2D eigenvalue weighted by molar-refractivity contribution is -0.147. The van der Waals surface area contributed by atoms with E-state index in [1.165, 1.54) is 21.0 Å². The van der Waals surface area contributed by atoms with Crippen LogP contribution in [0.15, 0.2) is 24.3 Å². The minimum atomic E-state index is -4.74. The van der Waals surface area contributed by atoms with Crippen molar-refractivity contribution in [3.05, 3.63) is 29.8 Å². The fourth-order valence-corrected chi connectivity index (χ4v) is 4.55. The quantitative estimate of drug-likeness (QED) is 0.256. The number of benzene rings is 1. The molecule has 0 heterocycles. The third-order valence-electron chi connectivity index (χ3n) is 3.72. The molecule has 0 aliphatic carbocycles. The highest BCUT2D eigenvalue weighted by Gasteiger charge is 2.59. The topological polar surface area (TPSA) is 71.1 Å². The van der Waals surface area contributed by atoms with Crippen LogP contribution in [0.2, 0.25) is 0 Å². The number of methoxy groups -OCH3 is 1. The molecule has 1 aromatic rings. The second-order valence-corrected chi connectivity index (χ2v) is 8.66. The zero-order valence-electron chi connectivity index (χ0n) is 15.6. The SMILES string of the molecule is CCOP(=O)(OCC)C(F)(F)[C@H](C)[C@@H](Br)C(=O)OCc1ccc(OC)cc1. The predicted molar refractivity (Wildman–Crippen MR) is 100 cm³/mol. The molecule has 0 aromatic heterocycles.